The number of amides is 1. The van der Waals surface area contributed by atoms with Gasteiger partial charge in [0.15, 0.2) is 0 Å². The van der Waals surface area contributed by atoms with Crippen molar-refractivity contribution in [3.05, 3.63) is 29.3 Å². The van der Waals surface area contributed by atoms with Crippen molar-refractivity contribution in [1.29, 1.82) is 0 Å². The van der Waals surface area contributed by atoms with Gasteiger partial charge in [0, 0.05) is 31.5 Å². The first-order valence-electron chi connectivity index (χ1n) is 6.84. The SMILES string of the molecule is COCC(C)CNC(=O)c1ccc2c(c1)CCCN2. The summed E-state index contributed by atoms with van der Waals surface area (Å²) in [7, 11) is 1.68. The van der Waals surface area contributed by atoms with Crippen LogP contribution in [0.2, 0.25) is 0 Å². The van der Waals surface area contributed by atoms with Crippen LogP contribution >= 0.6 is 0 Å². The predicted octanol–water partition coefficient (Wildman–Crippen LogP) is 2.06. The summed E-state index contributed by atoms with van der Waals surface area (Å²) in [6.45, 7) is 4.38. The molecule has 0 aromatic heterocycles. The summed E-state index contributed by atoms with van der Waals surface area (Å²) in [6.07, 6.45) is 2.17. The van der Waals surface area contributed by atoms with Crippen molar-refractivity contribution in [2.24, 2.45) is 5.92 Å². The van der Waals surface area contributed by atoms with Gasteiger partial charge < -0.3 is 15.4 Å². The summed E-state index contributed by atoms with van der Waals surface area (Å²) in [6, 6.07) is 5.88. The van der Waals surface area contributed by atoms with E-state index in [9.17, 15) is 4.79 Å². The first kappa shape index (κ1) is 13.9. The van der Waals surface area contributed by atoms with Gasteiger partial charge in [-0.3, -0.25) is 4.79 Å². The number of carbonyl (C=O) groups excluding carboxylic acids is 1. The minimum atomic E-state index is -0.00340. The molecule has 0 saturated carbocycles. The van der Waals surface area contributed by atoms with Crippen LogP contribution in [-0.4, -0.2) is 32.7 Å². The van der Waals surface area contributed by atoms with Crippen molar-refractivity contribution in [1.82, 2.24) is 5.32 Å². The molecule has 0 radical (unpaired) electrons. The molecule has 0 spiro atoms. The maximum absolute atomic E-state index is 12.1. The molecular formula is C15H22N2O2. The van der Waals surface area contributed by atoms with Gasteiger partial charge in [0.1, 0.15) is 0 Å². The van der Waals surface area contributed by atoms with E-state index in [0.717, 1.165) is 30.6 Å². The van der Waals surface area contributed by atoms with Gasteiger partial charge in [-0.25, -0.2) is 0 Å². The number of anilines is 1. The molecule has 1 aliphatic rings. The van der Waals surface area contributed by atoms with Crippen molar-refractivity contribution in [3.8, 4) is 0 Å². The van der Waals surface area contributed by atoms with E-state index in [4.69, 9.17) is 4.74 Å². The Kier molecular flexibility index (Phi) is 4.80. The highest BCUT2D eigenvalue weighted by Crippen LogP contribution is 2.22. The summed E-state index contributed by atoms with van der Waals surface area (Å²) >= 11 is 0. The number of fused-ring (bicyclic) bond motifs is 1. The number of hydrogen-bond donors (Lipinski definition) is 2. The zero-order chi connectivity index (χ0) is 13.7. The zero-order valence-corrected chi connectivity index (χ0v) is 11.7. The third-order valence-corrected chi connectivity index (χ3v) is 3.37. The normalized spacial score (nSPS) is 15.3. The Labute approximate surface area is 114 Å². The number of aryl methyl sites for hydroxylation is 1. The molecule has 0 fully saturated rings. The second-order valence-electron chi connectivity index (χ2n) is 5.17. The quantitative estimate of drug-likeness (QED) is 0.854. The van der Waals surface area contributed by atoms with Gasteiger partial charge in [-0.05, 0) is 42.5 Å². The van der Waals surface area contributed by atoms with Gasteiger partial charge in [-0.2, -0.15) is 0 Å². The number of carbonyl (C=O) groups is 1. The van der Waals surface area contributed by atoms with E-state index in [0.29, 0.717) is 19.1 Å². The maximum Gasteiger partial charge on any atom is 0.251 e. The first-order chi connectivity index (χ1) is 9.20. The number of methoxy groups -OCH3 is 1. The average molecular weight is 262 g/mol. The molecule has 4 nitrogen and oxygen atoms in total. The Hall–Kier alpha value is -1.55. The van der Waals surface area contributed by atoms with E-state index in [1.807, 2.05) is 18.2 Å². The summed E-state index contributed by atoms with van der Waals surface area (Å²) in [4.78, 5) is 12.1. The molecule has 1 aliphatic heterocycles. The van der Waals surface area contributed by atoms with Gasteiger partial charge in [-0.1, -0.05) is 6.92 Å². The molecule has 2 rings (SSSR count). The monoisotopic (exact) mass is 262 g/mol. The number of ether oxygens (including phenoxy) is 1. The van der Waals surface area contributed by atoms with Crippen LogP contribution < -0.4 is 10.6 Å². The Morgan fingerprint density at radius 3 is 3.16 bits per heavy atom. The Morgan fingerprint density at radius 1 is 1.53 bits per heavy atom. The fourth-order valence-corrected chi connectivity index (χ4v) is 2.33. The van der Waals surface area contributed by atoms with Crippen molar-refractivity contribution >= 4 is 11.6 Å². The molecule has 104 valence electrons. The molecule has 0 aliphatic carbocycles. The average Bonchev–Trinajstić information content (AvgIpc) is 2.44. The van der Waals surface area contributed by atoms with E-state index in [1.54, 1.807) is 7.11 Å². The molecule has 19 heavy (non-hydrogen) atoms. The zero-order valence-electron chi connectivity index (χ0n) is 11.7. The minimum absolute atomic E-state index is 0.00340. The summed E-state index contributed by atoms with van der Waals surface area (Å²) < 4.78 is 5.06. The van der Waals surface area contributed by atoms with Gasteiger partial charge in [0.25, 0.3) is 5.91 Å². The topological polar surface area (TPSA) is 50.4 Å². The van der Waals surface area contributed by atoms with E-state index in [2.05, 4.69) is 17.6 Å². The molecule has 4 heteroatoms. The van der Waals surface area contributed by atoms with E-state index < -0.39 is 0 Å². The summed E-state index contributed by atoms with van der Waals surface area (Å²) in [5, 5.41) is 6.30. The Balaban J connectivity index is 1.95. The molecule has 1 aromatic carbocycles. The van der Waals surface area contributed by atoms with E-state index >= 15 is 0 Å². The fraction of sp³-hybridized carbons (Fsp3) is 0.533. The fourth-order valence-electron chi connectivity index (χ4n) is 2.33. The van der Waals surface area contributed by atoms with E-state index in [-0.39, 0.29) is 5.91 Å². The lowest BCUT2D eigenvalue weighted by molar-refractivity contribution is 0.0934. The lowest BCUT2D eigenvalue weighted by Crippen LogP contribution is -2.30. The van der Waals surface area contributed by atoms with Crippen LogP contribution in [0.25, 0.3) is 0 Å². The third kappa shape index (κ3) is 3.70. The van der Waals surface area contributed by atoms with Crippen molar-refractivity contribution < 1.29 is 9.53 Å². The second kappa shape index (κ2) is 6.57. The lowest BCUT2D eigenvalue weighted by Gasteiger charge is -2.18. The van der Waals surface area contributed by atoms with Crippen molar-refractivity contribution in [3.63, 3.8) is 0 Å². The smallest absolute Gasteiger partial charge is 0.251 e. The summed E-state index contributed by atoms with van der Waals surface area (Å²) in [5.41, 5.74) is 3.14. The van der Waals surface area contributed by atoms with Crippen LogP contribution in [-0.2, 0) is 11.2 Å². The Bertz CT molecular complexity index is 446. The second-order valence-corrected chi connectivity index (χ2v) is 5.17. The van der Waals surface area contributed by atoms with Gasteiger partial charge in [0.05, 0.1) is 6.61 Å². The molecule has 1 heterocycles. The van der Waals surface area contributed by atoms with Crippen LogP contribution in [0.3, 0.4) is 0 Å². The van der Waals surface area contributed by atoms with Crippen LogP contribution in [0.5, 0.6) is 0 Å². The van der Waals surface area contributed by atoms with Crippen LogP contribution in [0.1, 0.15) is 29.3 Å². The highest BCUT2D eigenvalue weighted by Gasteiger charge is 2.13. The molecule has 0 bridgehead atoms. The van der Waals surface area contributed by atoms with Crippen molar-refractivity contribution in [2.45, 2.75) is 19.8 Å². The minimum Gasteiger partial charge on any atom is -0.385 e. The van der Waals surface area contributed by atoms with Crippen molar-refractivity contribution in [2.75, 3.05) is 32.1 Å². The number of benzene rings is 1. The molecule has 0 saturated heterocycles. The molecule has 1 aromatic rings. The van der Waals surface area contributed by atoms with Crippen LogP contribution in [0, 0.1) is 5.92 Å². The largest absolute Gasteiger partial charge is 0.385 e. The van der Waals surface area contributed by atoms with Gasteiger partial charge >= 0.3 is 0 Å². The lowest BCUT2D eigenvalue weighted by atomic mass is 10.0. The van der Waals surface area contributed by atoms with Gasteiger partial charge in [-0.15, -0.1) is 0 Å². The highest BCUT2D eigenvalue weighted by molar-refractivity contribution is 5.94. The number of nitrogens with one attached hydrogen (secondary N) is 2. The molecule has 1 atom stereocenters. The highest BCUT2D eigenvalue weighted by atomic mass is 16.5. The number of hydrogen-bond acceptors (Lipinski definition) is 3. The summed E-state index contributed by atoms with van der Waals surface area (Å²) in [5.74, 6) is 0.324. The Morgan fingerprint density at radius 2 is 2.37 bits per heavy atom. The molecule has 1 unspecified atom stereocenters. The predicted molar refractivity (Wildman–Crippen MR) is 76.6 cm³/mol. The maximum atomic E-state index is 12.1. The first-order valence-corrected chi connectivity index (χ1v) is 6.84. The molecule has 2 N–H and O–H groups in total. The number of rotatable bonds is 5. The van der Waals surface area contributed by atoms with E-state index in [1.165, 1.54) is 5.56 Å². The molecule has 1 amide bonds. The van der Waals surface area contributed by atoms with Crippen LogP contribution in [0.4, 0.5) is 5.69 Å². The molecular weight excluding hydrogens is 240 g/mol. The van der Waals surface area contributed by atoms with Gasteiger partial charge in [0.2, 0.25) is 0 Å². The third-order valence-electron chi connectivity index (χ3n) is 3.37. The standard InChI is InChI=1S/C15H22N2O2/c1-11(10-19-2)9-17-15(18)13-5-6-14-12(8-13)4-3-7-16-14/h5-6,8,11,16H,3-4,7,9-10H2,1-2H3,(H,17,18). The van der Waals surface area contributed by atoms with Crippen LogP contribution in [0.15, 0.2) is 18.2 Å².